The Kier molecular flexibility index (Phi) is 6.12. The predicted octanol–water partition coefficient (Wildman–Crippen LogP) is 3.08. The molecule has 3 amide bonds. The van der Waals surface area contributed by atoms with Crippen molar-refractivity contribution in [2.45, 2.75) is 43.9 Å². The van der Waals surface area contributed by atoms with Crippen molar-refractivity contribution in [1.82, 2.24) is 4.31 Å². The summed E-state index contributed by atoms with van der Waals surface area (Å²) in [6.45, 7) is 2.80. The van der Waals surface area contributed by atoms with Crippen LogP contribution >= 0.6 is 0 Å². The smallest absolute Gasteiger partial charge is 0.255 e. The van der Waals surface area contributed by atoms with Crippen LogP contribution in [-0.2, 0) is 19.6 Å². The van der Waals surface area contributed by atoms with E-state index < -0.39 is 15.9 Å². The Bertz CT molecular complexity index is 1150. The lowest BCUT2D eigenvalue weighted by Crippen LogP contribution is -2.35. The molecule has 32 heavy (non-hydrogen) atoms. The lowest BCUT2D eigenvalue weighted by Gasteiger charge is -2.26. The molecule has 2 aromatic rings. The molecule has 0 radical (unpaired) electrons. The van der Waals surface area contributed by atoms with Gasteiger partial charge in [-0.25, -0.2) is 8.42 Å². The van der Waals surface area contributed by atoms with Gasteiger partial charge in [-0.1, -0.05) is 12.5 Å². The summed E-state index contributed by atoms with van der Waals surface area (Å²) < 4.78 is 27.4. The van der Waals surface area contributed by atoms with Crippen LogP contribution in [0.5, 0.6) is 0 Å². The second-order valence-corrected chi connectivity index (χ2v) is 10.0. The number of hydrogen-bond donors (Lipinski definition) is 1. The Hall–Kier alpha value is -3.04. The molecule has 0 unspecified atom stereocenters. The number of carbonyl (C=O) groups is 3. The van der Waals surface area contributed by atoms with Gasteiger partial charge in [-0.3, -0.25) is 19.3 Å². The fourth-order valence-electron chi connectivity index (χ4n) is 3.97. The zero-order valence-corrected chi connectivity index (χ0v) is 18.7. The summed E-state index contributed by atoms with van der Waals surface area (Å²) in [5.41, 5.74) is 1.92. The largest absolute Gasteiger partial charge is 0.322 e. The monoisotopic (exact) mass is 455 g/mol. The number of nitrogens with one attached hydrogen (secondary N) is 1. The second kappa shape index (κ2) is 8.84. The SMILES string of the molecule is Cc1ccc(S(=O)(=O)N2CCCCC2)cc1NC(=O)c1ccc(N2C(=O)CCC2=O)cc1. The van der Waals surface area contributed by atoms with Gasteiger partial charge in [-0.2, -0.15) is 4.31 Å². The summed E-state index contributed by atoms with van der Waals surface area (Å²) in [6, 6.07) is 10.9. The van der Waals surface area contributed by atoms with Crippen molar-refractivity contribution in [2.75, 3.05) is 23.3 Å². The van der Waals surface area contributed by atoms with Gasteiger partial charge in [0.15, 0.2) is 0 Å². The number of piperidine rings is 1. The van der Waals surface area contributed by atoms with Gasteiger partial charge in [0.25, 0.3) is 5.91 Å². The third kappa shape index (κ3) is 4.31. The molecule has 2 fully saturated rings. The van der Waals surface area contributed by atoms with E-state index in [2.05, 4.69) is 5.32 Å². The van der Waals surface area contributed by atoms with E-state index in [1.807, 2.05) is 0 Å². The predicted molar refractivity (Wildman–Crippen MR) is 120 cm³/mol. The summed E-state index contributed by atoms with van der Waals surface area (Å²) in [5.74, 6) is -0.921. The molecular weight excluding hydrogens is 430 g/mol. The Labute approximate surface area is 187 Å². The lowest BCUT2D eigenvalue weighted by atomic mass is 10.1. The summed E-state index contributed by atoms with van der Waals surface area (Å²) in [4.78, 5) is 37.8. The molecule has 0 atom stereocenters. The second-order valence-electron chi connectivity index (χ2n) is 8.07. The van der Waals surface area contributed by atoms with Crippen LogP contribution in [0, 0.1) is 6.92 Å². The minimum atomic E-state index is -3.61. The maximum absolute atomic E-state index is 13.0. The Balaban J connectivity index is 1.52. The van der Waals surface area contributed by atoms with E-state index in [4.69, 9.17) is 0 Å². The van der Waals surface area contributed by atoms with Crippen molar-refractivity contribution >= 4 is 39.1 Å². The highest BCUT2D eigenvalue weighted by atomic mass is 32.2. The summed E-state index contributed by atoms with van der Waals surface area (Å²) >= 11 is 0. The number of anilines is 2. The fourth-order valence-corrected chi connectivity index (χ4v) is 5.52. The third-order valence-electron chi connectivity index (χ3n) is 5.85. The first-order chi connectivity index (χ1) is 15.3. The minimum Gasteiger partial charge on any atom is -0.322 e. The van der Waals surface area contributed by atoms with E-state index in [1.165, 1.54) is 22.5 Å². The first-order valence-electron chi connectivity index (χ1n) is 10.7. The summed E-state index contributed by atoms with van der Waals surface area (Å²) in [6.07, 6.45) is 3.10. The summed E-state index contributed by atoms with van der Waals surface area (Å²) in [7, 11) is -3.61. The van der Waals surface area contributed by atoms with E-state index in [1.54, 1.807) is 31.2 Å². The van der Waals surface area contributed by atoms with Crippen LogP contribution in [0.25, 0.3) is 0 Å². The standard InChI is InChI=1S/C23H25N3O5S/c1-16-5-10-19(32(30,31)25-13-3-2-4-14-25)15-20(16)24-23(29)17-6-8-18(9-7-17)26-21(27)11-12-22(26)28/h5-10,15H,2-4,11-14H2,1H3,(H,24,29). The van der Waals surface area contributed by atoms with Crippen LogP contribution in [0.2, 0.25) is 0 Å². The van der Waals surface area contributed by atoms with E-state index in [-0.39, 0.29) is 29.6 Å². The van der Waals surface area contributed by atoms with Crippen LogP contribution < -0.4 is 10.2 Å². The van der Waals surface area contributed by atoms with Gasteiger partial charge >= 0.3 is 0 Å². The van der Waals surface area contributed by atoms with Gasteiger partial charge in [0.05, 0.1) is 10.6 Å². The van der Waals surface area contributed by atoms with Crippen molar-refractivity contribution in [3.63, 3.8) is 0 Å². The highest BCUT2D eigenvalue weighted by Gasteiger charge is 2.30. The van der Waals surface area contributed by atoms with Crippen molar-refractivity contribution < 1.29 is 22.8 Å². The number of amides is 3. The van der Waals surface area contributed by atoms with Gasteiger partial charge in [0, 0.05) is 37.2 Å². The van der Waals surface area contributed by atoms with Gasteiger partial charge in [0.2, 0.25) is 21.8 Å². The van der Waals surface area contributed by atoms with Gasteiger partial charge in [-0.15, -0.1) is 0 Å². The molecule has 8 nitrogen and oxygen atoms in total. The third-order valence-corrected chi connectivity index (χ3v) is 7.74. The number of rotatable bonds is 5. The zero-order chi connectivity index (χ0) is 22.9. The number of aryl methyl sites for hydroxylation is 1. The average Bonchev–Trinajstić information content (AvgIpc) is 3.13. The minimum absolute atomic E-state index is 0.154. The van der Waals surface area contributed by atoms with Crippen LogP contribution in [0.4, 0.5) is 11.4 Å². The van der Waals surface area contributed by atoms with E-state index in [0.717, 1.165) is 29.7 Å². The molecule has 168 valence electrons. The fraction of sp³-hybridized carbons (Fsp3) is 0.348. The molecule has 2 heterocycles. The number of carbonyl (C=O) groups excluding carboxylic acids is 3. The van der Waals surface area contributed by atoms with Crippen molar-refractivity contribution in [3.05, 3.63) is 53.6 Å². The molecule has 0 bridgehead atoms. The Morgan fingerprint density at radius 2 is 1.53 bits per heavy atom. The normalized spacial score (nSPS) is 17.6. The number of sulfonamides is 1. The molecule has 0 spiro atoms. The van der Waals surface area contributed by atoms with E-state index >= 15 is 0 Å². The zero-order valence-electron chi connectivity index (χ0n) is 17.8. The molecule has 2 aromatic carbocycles. The van der Waals surface area contributed by atoms with Gasteiger partial charge < -0.3 is 5.32 Å². The highest BCUT2D eigenvalue weighted by Crippen LogP contribution is 2.26. The number of nitrogens with zero attached hydrogens (tertiary/aromatic N) is 2. The molecular formula is C23H25N3O5S. The lowest BCUT2D eigenvalue weighted by molar-refractivity contribution is -0.121. The van der Waals surface area contributed by atoms with E-state index in [9.17, 15) is 22.8 Å². The van der Waals surface area contributed by atoms with Gasteiger partial charge in [-0.05, 0) is 61.7 Å². The van der Waals surface area contributed by atoms with Crippen LogP contribution in [0.3, 0.4) is 0 Å². The number of benzene rings is 2. The quantitative estimate of drug-likeness (QED) is 0.698. The highest BCUT2D eigenvalue weighted by molar-refractivity contribution is 7.89. The van der Waals surface area contributed by atoms with Crippen LogP contribution in [0.15, 0.2) is 47.4 Å². The molecule has 2 saturated heterocycles. The average molecular weight is 456 g/mol. The molecule has 0 aromatic heterocycles. The van der Waals surface area contributed by atoms with E-state index in [0.29, 0.717) is 30.0 Å². The van der Waals surface area contributed by atoms with Gasteiger partial charge in [0.1, 0.15) is 0 Å². The molecule has 2 aliphatic rings. The molecule has 0 saturated carbocycles. The maximum Gasteiger partial charge on any atom is 0.255 e. The van der Waals surface area contributed by atoms with Crippen molar-refractivity contribution in [2.24, 2.45) is 0 Å². The molecule has 2 aliphatic heterocycles. The molecule has 4 rings (SSSR count). The number of imide groups is 1. The summed E-state index contributed by atoms with van der Waals surface area (Å²) in [5, 5.41) is 2.78. The topological polar surface area (TPSA) is 104 Å². The van der Waals surface area contributed by atoms with Crippen LogP contribution in [-0.4, -0.2) is 43.5 Å². The van der Waals surface area contributed by atoms with Crippen molar-refractivity contribution in [1.29, 1.82) is 0 Å². The molecule has 1 N–H and O–H groups in total. The Morgan fingerprint density at radius 1 is 0.906 bits per heavy atom. The number of hydrogen-bond acceptors (Lipinski definition) is 5. The molecule has 9 heteroatoms. The first-order valence-corrected chi connectivity index (χ1v) is 12.1. The van der Waals surface area contributed by atoms with Crippen molar-refractivity contribution in [3.8, 4) is 0 Å². The molecule has 0 aliphatic carbocycles. The first kappa shape index (κ1) is 22.2. The maximum atomic E-state index is 13.0. The van der Waals surface area contributed by atoms with Crippen LogP contribution in [0.1, 0.15) is 48.0 Å². The Morgan fingerprint density at radius 3 is 2.16 bits per heavy atom.